The summed E-state index contributed by atoms with van der Waals surface area (Å²) in [5.74, 6) is -1.53. The number of amides is 3. The maximum absolute atomic E-state index is 12.7. The molecule has 0 radical (unpaired) electrons. The van der Waals surface area contributed by atoms with Crippen molar-refractivity contribution >= 4 is 24.0 Å². The zero-order valence-corrected chi connectivity index (χ0v) is 14.4. The number of hydrogen-bond acceptors (Lipinski definition) is 4. The van der Waals surface area contributed by atoms with Gasteiger partial charge in [0, 0.05) is 6.54 Å². The number of likely N-dealkylation sites (tertiary alicyclic amines) is 1. The van der Waals surface area contributed by atoms with Gasteiger partial charge < -0.3 is 16.0 Å². The maximum Gasteiger partial charge on any atom is 0.287 e. The summed E-state index contributed by atoms with van der Waals surface area (Å²) in [4.78, 5) is 48.8. The lowest BCUT2D eigenvalue weighted by Gasteiger charge is -2.31. The van der Waals surface area contributed by atoms with Crippen LogP contribution in [-0.2, 0) is 19.2 Å². The van der Waals surface area contributed by atoms with E-state index < -0.39 is 23.8 Å². The van der Waals surface area contributed by atoms with E-state index in [1.807, 2.05) is 13.8 Å². The third-order valence-corrected chi connectivity index (χ3v) is 5.41. The van der Waals surface area contributed by atoms with Crippen molar-refractivity contribution in [3.05, 3.63) is 0 Å². The van der Waals surface area contributed by atoms with Gasteiger partial charge in [0.2, 0.25) is 18.1 Å². The summed E-state index contributed by atoms with van der Waals surface area (Å²) >= 11 is 0. The van der Waals surface area contributed by atoms with Crippen LogP contribution < -0.4 is 11.1 Å². The summed E-state index contributed by atoms with van der Waals surface area (Å²) in [6, 6.07) is -1.48. The number of ketones is 1. The van der Waals surface area contributed by atoms with Crippen LogP contribution in [0.2, 0.25) is 0 Å². The van der Waals surface area contributed by atoms with Crippen LogP contribution in [-0.4, -0.2) is 47.5 Å². The average molecular weight is 337 g/mol. The molecule has 1 aliphatic carbocycles. The maximum atomic E-state index is 12.7. The molecular weight excluding hydrogens is 310 g/mol. The Morgan fingerprint density at radius 3 is 2.38 bits per heavy atom. The monoisotopic (exact) mass is 337 g/mol. The zero-order valence-electron chi connectivity index (χ0n) is 14.4. The van der Waals surface area contributed by atoms with Crippen LogP contribution in [0.3, 0.4) is 0 Å². The number of carbonyl (C=O) groups is 4. The minimum atomic E-state index is -1.03. The van der Waals surface area contributed by atoms with Crippen LogP contribution in [0.25, 0.3) is 0 Å². The molecule has 24 heavy (non-hydrogen) atoms. The van der Waals surface area contributed by atoms with Crippen molar-refractivity contribution in [1.82, 2.24) is 10.2 Å². The topological polar surface area (TPSA) is 110 Å². The van der Waals surface area contributed by atoms with E-state index in [0.717, 1.165) is 25.7 Å². The molecule has 0 aromatic heterocycles. The highest BCUT2D eigenvalue weighted by Crippen LogP contribution is 2.32. The Balaban J connectivity index is 2.10. The van der Waals surface area contributed by atoms with Gasteiger partial charge in [0.25, 0.3) is 5.91 Å². The van der Waals surface area contributed by atoms with Crippen LogP contribution in [0, 0.1) is 17.8 Å². The Kier molecular flexibility index (Phi) is 5.96. The van der Waals surface area contributed by atoms with Gasteiger partial charge in [-0.15, -0.1) is 0 Å². The third-order valence-electron chi connectivity index (χ3n) is 5.41. The molecule has 2 unspecified atom stereocenters. The SMILES string of the molecule is CC(C)[C@H]1CCN(C=O)C1C(=O)NC(CC1CCC1)C(=O)C(N)=O. The Hall–Kier alpha value is -1.92. The van der Waals surface area contributed by atoms with Crippen molar-refractivity contribution < 1.29 is 19.2 Å². The number of carbonyl (C=O) groups excluding carboxylic acids is 4. The van der Waals surface area contributed by atoms with Gasteiger partial charge in [-0.3, -0.25) is 19.2 Å². The van der Waals surface area contributed by atoms with E-state index in [1.54, 1.807) is 0 Å². The molecule has 0 aromatic rings. The number of Topliss-reactive ketones (excluding diaryl/α,β-unsaturated/α-hetero) is 1. The van der Waals surface area contributed by atoms with Gasteiger partial charge in [0.1, 0.15) is 6.04 Å². The number of primary amides is 1. The first-order valence-electron chi connectivity index (χ1n) is 8.70. The normalized spacial score (nSPS) is 25.2. The van der Waals surface area contributed by atoms with Gasteiger partial charge in [0.05, 0.1) is 6.04 Å². The first-order valence-corrected chi connectivity index (χ1v) is 8.70. The molecule has 0 spiro atoms. The fourth-order valence-electron chi connectivity index (χ4n) is 3.72. The number of nitrogens with zero attached hydrogens (tertiary/aromatic N) is 1. The van der Waals surface area contributed by atoms with Crippen LogP contribution >= 0.6 is 0 Å². The van der Waals surface area contributed by atoms with E-state index >= 15 is 0 Å². The molecule has 0 aromatic carbocycles. The Bertz CT molecular complexity index is 516. The van der Waals surface area contributed by atoms with Gasteiger partial charge in [-0.2, -0.15) is 0 Å². The van der Waals surface area contributed by atoms with Crippen molar-refractivity contribution in [3.63, 3.8) is 0 Å². The summed E-state index contributed by atoms with van der Waals surface area (Å²) in [5.41, 5.74) is 5.12. The Labute approximate surface area is 142 Å². The standard InChI is InChI=1S/C17H27N3O4/c1-10(2)12-6-7-20(9-21)14(12)17(24)19-13(15(22)16(18)23)8-11-4-3-5-11/h9-14H,3-8H2,1-2H3,(H2,18,23)(H,19,24)/t12-,13?,14?/m1/s1. The molecule has 1 heterocycles. The lowest BCUT2D eigenvalue weighted by Crippen LogP contribution is -2.54. The number of hydrogen-bond donors (Lipinski definition) is 2. The molecule has 1 saturated heterocycles. The lowest BCUT2D eigenvalue weighted by molar-refractivity contribution is -0.140. The third kappa shape index (κ3) is 3.94. The van der Waals surface area contributed by atoms with Crippen molar-refractivity contribution in [2.75, 3.05) is 6.54 Å². The van der Waals surface area contributed by atoms with Gasteiger partial charge in [-0.25, -0.2) is 0 Å². The summed E-state index contributed by atoms with van der Waals surface area (Å²) in [7, 11) is 0. The van der Waals surface area contributed by atoms with Crippen LogP contribution in [0.15, 0.2) is 0 Å². The van der Waals surface area contributed by atoms with Crippen molar-refractivity contribution in [2.45, 2.75) is 58.0 Å². The summed E-state index contributed by atoms with van der Waals surface area (Å²) in [6.07, 6.45) is 4.98. The van der Waals surface area contributed by atoms with Gasteiger partial charge in [-0.1, -0.05) is 33.1 Å². The summed E-state index contributed by atoms with van der Waals surface area (Å²) in [5, 5.41) is 2.70. The molecule has 3 N–H and O–H groups in total. The van der Waals surface area contributed by atoms with Gasteiger partial charge in [0.15, 0.2) is 0 Å². The predicted octanol–water partition coefficient (Wildman–Crippen LogP) is 0.219. The minimum Gasteiger partial charge on any atom is -0.363 e. The largest absolute Gasteiger partial charge is 0.363 e. The van der Waals surface area contributed by atoms with Gasteiger partial charge >= 0.3 is 0 Å². The van der Waals surface area contributed by atoms with E-state index in [-0.39, 0.29) is 17.7 Å². The Morgan fingerprint density at radius 1 is 1.25 bits per heavy atom. The molecule has 3 amide bonds. The van der Waals surface area contributed by atoms with Crippen molar-refractivity contribution in [2.24, 2.45) is 23.5 Å². The quantitative estimate of drug-likeness (QED) is 0.487. The predicted molar refractivity (Wildman–Crippen MR) is 87.6 cm³/mol. The highest BCUT2D eigenvalue weighted by atomic mass is 16.2. The molecule has 1 saturated carbocycles. The molecular formula is C17H27N3O4. The molecule has 7 heteroatoms. The number of rotatable bonds is 8. The summed E-state index contributed by atoms with van der Waals surface area (Å²) in [6.45, 7) is 4.56. The molecule has 0 bridgehead atoms. The zero-order chi connectivity index (χ0) is 17.9. The lowest BCUT2D eigenvalue weighted by atomic mass is 9.80. The fraction of sp³-hybridized carbons (Fsp3) is 0.765. The first-order chi connectivity index (χ1) is 11.3. The molecule has 2 fully saturated rings. The van der Waals surface area contributed by atoms with Crippen LogP contribution in [0.5, 0.6) is 0 Å². The first kappa shape index (κ1) is 18.4. The molecule has 1 aliphatic heterocycles. The summed E-state index contributed by atoms with van der Waals surface area (Å²) < 4.78 is 0. The van der Waals surface area contributed by atoms with Crippen LogP contribution in [0.4, 0.5) is 0 Å². The fourth-order valence-corrected chi connectivity index (χ4v) is 3.72. The van der Waals surface area contributed by atoms with Crippen LogP contribution in [0.1, 0.15) is 46.0 Å². The smallest absolute Gasteiger partial charge is 0.287 e. The second kappa shape index (κ2) is 7.77. The highest BCUT2D eigenvalue weighted by molar-refractivity contribution is 6.37. The van der Waals surface area contributed by atoms with E-state index in [4.69, 9.17) is 5.73 Å². The number of nitrogens with one attached hydrogen (secondary N) is 1. The Morgan fingerprint density at radius 2 is 1.92 bits per heavy atom. The molecule has 2 rings (SSSR count). The molecule has 3 atom stereocenters. The molecule has 2 aliphatic rings. The van der Waals surface area contributed by atoms with Gasteiger partial charge in [-0.05, 0) is 30.6 Å². The molecule has 134 valence electrons. The van der Waals surface area contributed by atoms with E-state index in [1.165, 1.54) is 4.90 Å². The molecule has 7 nitrogen and oxygen atoms in total. The average Bonchev–Trinajstić information content (AvgIpc) is 2.92. The van der Waals surface area contributed by atoms with E-state index in [2.05, 4.69) is 5.32 Å². The minimum absolute atomic E-state index is 0.0447. The second-order valence-corrected chi connectivity index (χ2v) is 7.31. The van der Waals surface area contributed by atoms with Crippen molar-refractivity contribution in [3.8, 4) is 0 Å². The van der Waals surface area contributed by atoms with Crippen molar-refractivity contribution in [1.29, 1.82) is 0 Å². The van der Waals surface area contributed by atoms with E-state index in [0.29, 0.717) is 25.3 Å². The second-order valence-electron chi connectivity index (χ2n) is 7.31. The number of nitrogens with two attached hydrogens (primary N) is 1. The highest BCUT2D eigenvalue weighted by Gasteiger charge is 2.42. The van der Waals surface area contributed by atoms with E-state index in [9.17, 15) is 19.2 Å².